The standard InChI is InChI=1S/C14H18N2O4S/c15-11-13-7-8-14(20-13)21(17,18)16-9-4-10-19-12-5-2-1-3-6-12/h1-3,5-8,16H,4,9-11,15H2. The van der Waals surface area contributed by atoms with Crippen molar-refractivity contribution in [2.45, 2.75) is 18.1 Å². The Morgan fingerprint density at radius 1 is 1.14 bits per heavy atom. The normalized spacial score (nSPS) is 11.5. The van der Waals surface area contributed by atoms with Gasteiger partial charge < -0.3 is 14.9 Å². The van der Waals surface area contributed by atoms with Crippen molar-refractivity contribution < 1.29 is 17.6 Å². The second-order valence-electron chi connectivity index (χ2n) is 4.34. The summed E-state index contributed by atoms with van der Waals surface area (Å²) in [7, 11) is -3.62. The number of sulfonamides is 1. The lowest BCUT2D eigenvalue weighted by Gasteiger charge is -2.06. The van der Waals surface area contributed by atoms with Crippen LogP contribution in [0.1, 0.15) is 12.2 Å². The molecule has 0 unspecified atom stereocenters. The highest BCUT2D eigenvalue weighted by Crippen LogP contribution is 2.13. The van der Waals surface area contributed by atoms with Crippen LogP contribution in [0.3, 0.4) is 0 Å². The first-order valence-corrected chi connectivity index (χ1v) is 8.06. The van der Waals surface area contributed by atoms with Crippen molar-refractivity contribution in [1.82, 2.24) is 4.72 Å². The summed E-state index contributed by atoms with van der Waals surface area (Å²) in [5, 5.41) is -0.119. The van der Waals surface area contributed by atoms with Crippen molar-refractivity contribution in [2.24, 2.45) is 5.73 Å². The van der Waals surface area contributed by atoms with Gasteiger partial charge in [0, 0.05) is 6.54 Å². The summed E-state index contributed by atoms with van der Waals surface area (Å²) in [5.41, 5.74) is 5.38. The van der Waals surface area contributed by atoms with Crippen molar-refractivity contribution in [3.63, 3.8) is 0 Å². The first-order valence-electron chi connectivity index (χ1n) is 6.58. The van der Waals surface area contributed by atoms with E-state index in [1.54, 1.807) is 6.07 Å². The summed E-state index contributed by atoms with van der Waals surface area (Å²) < 4.78 is 36.9. The van der Waals surface area contributed by atoms with Gasteiger partial charge in [-0.15, -0.1) is 0 Å². The number of ether oxygens (including phenoxy) is 1. The molecule has 0 aliphatic heterocycles. The van der Waals surface area contributed by atoms with Crippen LogP contribution >= 0.6 is 0 Å². The van der Waals surface area contributed by atoms with Crippen LogP contribution in [-0.4, -0.2) is 21.6 Å². The molecule has 0 aliphatic rings. The maximum Gasteiger partial charge on any atom is 0.273 e. The van der Waals surface area contributed by atoms with Gasteiger partial charge in [0.15, 0.2) is 0 Å². The summed E-state index contributed by atoms with van der Waals surface area (Å²) in [4.78, 5) is 0. The lowest BCUT2D eigenvalue weighted by Crippen LogP contribution is -2.25. The zero-order chi connectivity index (χ0) is 15.1. The molecule has 2 aromatic rings. The molecule has 0 amide bonds. The van der Waals surface area contributed by atoms with Crippen LogP contribution in [0.15, 0.2) is 52.0 Å². The summed E-state index contributed by atoms with van der Waals surface area (Å²) in [6.45, 7) is 0.868. The zero-order valence-electron chi connectivity index (χ0n) is 11.5. The van der Waals surface area contributed by atoms with Crippen LogP contribution in [0.2, 0.25) is 0 Å². The van der Waals surface area contributed by atoms with Crippen molar-refractivity contribution in [1.29, 1.82) is 0 Å². The molecule has 0 aliphatic carbocycles. The minimum atomic E-state index is -3.62. The number of benzene rings is 1. The summed E-state index contributed by atoms with van der Waals surface area (Å²) in [6, 6.07) is 12.3. The van der Waals surface area contributed by atoms with Gasteiger partial charge in [-0.2, -0.15) is 0 Å². The monoisotopic (exact) mass is 310 g/mol. The molecular weight excluding hydrogens is 292 g/mol. The Bertz CT molecular complexity index is 653. The minimum absolute atomic E-state index is 0.119. The van der Waals surface area contributed by atoms with Gasteiger partial charge in [-0.05, 0) is 30.7 Å². The van der Waals surface area contributed by atoms with E-state index in [0.29, 0.717) is 18.8 Å². The molecule has 0 bridgehead atoms. The SMILES string of the molecule is NCc1ccc(S(=O)(=O)NCCCOc2ccccc2)o1. The van der Waals surface area contributed by atoms with Crippen molar-refractivity contribution in [3.8, 4) is 5.75 Å². The van der Waals surface area contributed by atoms with Crippen LogP contribution in [0, 0.1) is 0 Å². The second kappa shape index (κ2) is 7.26. The second-order valence-corrected chi connectivity index (χ2v) is 6.04. The van der Waals surface area contributed by atoms with Gasteiger partial charge in [0.25, 0.3) is 10.0 Å². The number of rotatable bonds is 8. The highest BCUT2D eigenvalue weighted by molar-refractivity contribution is 7.89. The molecule has 0 atom stereocenters. The first kappa shape index (κ1) is 15.6. The number of hydrogen-bond acceptors (Lipinski definition) is 5. The maximum absolute atomic E-state index is 11.9. The molecule has 0 saturated carbocycles. The number of para-hydroxylation sites is 1. The van der Waals surface area contributed by atoms with Crippen molar-refractivity contribution in [2.75, 3.05) is 13.2 Å². The molecule has 0 saturated heterocycles. The summed E-state index contributed by atoms with van der Waals surface area (Å²) >= 11 is 0. The van der Waals surface area contributed by atoms with E-state index in [4.69, 9.17) is 14.9 Å². The van der Waals surface area contributed by atoms with E-state index >= 15 is 0 Å². The fourth-order valence-corrected chi connectivity index (χ4v) is 2.69. The first-order chi connectivity index (χ1) is 10.1. The van der Waals surface area contributed by atoms with Crippen molar-refractivity contribution >= 4 is 10.0 Å². The van der Waals surface area contributed by atoms with Gasteiger partial charge in [0.2, 0.25) is 5.09 Å². The predicted octanol–water partition coefficient (Wildman–Crippen LogP) is 1.49. The molecule has 21 heavy (non-hydrogen) atoms. The van der Waals surface area contributed by atoms with E-state index in [9.17, 15) is 8.42 Å². The van der Waals surface area contributed by atoms with E-state index in [1.165, 1.54) is 6.07 Å². The average molecular weight is 310 g/mol. The third kappa shape index (κ3) is 4.59. The Hall–Kier alpha value is -1.83. The number of hydrogen-bond donors (Lipinski definition) is 2. The molecular formula is C14H18N2O4S. The molecule has 0 radical (unpaired) electrons. The van der Waals surface area contributed by atoms with Crippen LogP contribution in [0.25, 0.3) is 0 Å². The molecule has 1 heterocycles. The maximum atomic E-state index is 11.9. The Kier molecular flexibility index (Phi) is 5.38. The van der Waals surface area contributed by atoms with E-state index in [-0.39, 0.29) is 18.2 Å². The zero-order valence-corrected chi connectivity index (χ0v) is 12.3. The van der Waals surface area contributed by atoms with E-state index in [2.05, 4.69) is 4.72 Å². The molecule has 7 heteroatoms. The largest absolute Gasteiger partial charge is 0.494 e. The van der Waals surface area contributed by atoms with Crippen LogP contribution in [0.4, 0.5) is 0 Å². The van der Waals surface area contributed by atoms with Crippen molar-refractivity contribution in [3.05, 3.63) is 48.2 Å². The fourth-order valence-electron chi connectivity index (χ4n) is 1.67. The molecule has 1 aromatic carbocycles. The summed E-state index contributed by atoms with van der Waals surface area (Å²) in [5.74, 6) is 1.20. The predicted molar refractivity (Wildman–Crippen MR) is 78.3 cm³/mol. The molecule has 3 N–H and O–H groups in total. The Balaban J connectivity index is 1.75. The van der Waals surface area contributed by atoms with Crippen LogP contribution in [-0.2, 0) is 16.6 Å². The van der Waals surface area contributed by atoms with Crippen LogP contribution < -0.4 is 15.2 Å². The fraction of sp³-hybridized carbons (Fsp3) is 0.286. The highest BCUT2D eigenvalue weighted by atomic mass is 32.2. The summed E-state index contributed by atoms with van der Waals surface area (Å²) in [6.07, 6.45) is 0.554. The highest BCUT2D eigenvalue weighted by Gasteiger charge is 2.17. The molecule has 114 valence electrons. The number of furan rings is 1. The van der Waals surface area contributed by atoms with Gasteiger partial charge in [0.05, 0.1) is 13.2 Å². The van der Waals surface area contributed by atoms with Gasteiger partial charge in [-0.25, -0.2) is 13.1 Å². The van der Waals surface area contributed by atoms with Gasteiger partial charge in [0.1, 0.15) is 11.5 Å². The minimum Gasteiger partial charge on any atom is -0.494 e. The lowest BCUT2D eigenvalue weighted by molar-refractivity contribution is 0.311. The molecule has 6 nitrogen and oxygen atoms in total. The molecule has 0 fully saturated rings. The van der Waals surface area contributed by atoms with Gasteiger partial charge in [-0.3, -0.25) is 0 Å². The molecule has 1 aromatic heterocycles. The van der Waals surface area contributed by atoms with Gasteiger partial charge >= 0.3 is 0 Å². The lowest BCUT2D eigenvalue weighted by atomic mass is 10.3. The van der Waals surface area contributed by atoms with E-state index in [0.717, 1.165) is 5.75 Å². The quantitative estimate of drug-likeness (QED) is 0.720. The van der Waals surface area contributed by atoms with Crippen LogP contribution in [0.5, 0.6) is 5.75 Å². The smallest absolute Gasteiger partial charge is 0.273 e. The third-order valence-electron chi connectivity index (χ3n) is 2.73. The Morgan fingerprint density at radius 3 is 2.57 bits per heavy atom. The van der Waals surface area contributed by atoms with E-state index < -0.39 is 10.0 Å². The third-order valence-corrected chi connectivity index (χ3v) is 4.06. The van der Waals surface area contributed by atoms with E-state index in [1.807, 2.05) is 30.3 Å². The Morgan fingerprint density at radius 2 is 1.90 bits per heavy atom. The topological polar surface area (TPSA) is 94.6 Å². The average Bonchev–Trinajstić information content (AvgIpc) is 2.98. The van der Waals surface area contributed by atoms with Gasteiger partial charge in [-0.1, -0.05) is 18.2 Å². The Labute approximate surface area is 124 Å². The molecule has 2 rings (SSSR count). The molecule has 0 spiro atoms. The number of nitrogens with one attached hydrogen (secondary N) is 1. The number of nitrogens with two attached hydrogens (primary N) is 1.